The Hall–Kier alpha value is -1.21. The molecule has 0 saturated heterocycles. The van der Waals surface area contributed by atoms with Crippen LogP contribution >= 0.6 is 23.4 Å². The number of aryl methyl sites for hydroxylation is 1. The van der Waals surface area contributed by atoms with Gasteiger partial charge in [0.05, 0.1) is 12.1 Å². The average Bonchev–Trinajstić information content (AvgIpc) is 2.54. The van der Waals surface area contributed by atoms with Gasteiger partial charge >= 0.3 is 0 Å². The summed E-state index contributed by atoms with van der Waals surface area (Å²) in [6.07, 6.45) is 1.97. The molecular formula is C17H20ClNO3S2. The Balaban J connectivity index is 2.29. The molecule has 0 N–H and O–H groups in total. The van der Waals surface area contributed by atoms with Crippen molar-refractivity contribution in [2.24, 2.45) is 0 Å². The molecule has 7 heteroatoms. The van der Waals surface area contributed by atoms with Gasteiger partial charge in [0.15, 0.2) is 0 Å². The SMILES string of the molecule is COc1cc(CN(C)S(=O)(=O)c2ccc(C)cc2Cl)ccc1SC. The molecule has 0 aliphatic carbocycles. The van der Waals surface area contributed by atoms with Gasteiger partial charge in [-0.3, -0.25) is 0 Å². The molecule has 2 rings (SSSR count). The molecule has 0 spiro atoms. The number of ether oxygens (including phenoxy) is 1. The van der Waals surface area contributed by atoms with Gasteiger partial charge in [-0.2, -0.15) is 4.31 Å². The highest BCUT2D eigenvalue weighted by molar-refractivity contribution is 7.98. The summed E-state index contributed by atoms with van der Waals surface area (Å²) in [5, 5.41) is 0.233. The maximum absolute atomic E-state index is 12.8. The molecule has 4 nitrogen and oxygen atoms in total. The topological polar surface area (TPSA) is 46.6 Å². The van der Waals surface area contributed by atoms with Crippen molar-refractivity contribution in [3.8, 4) is 5.75 Å². The molecule has 0 atom stereocenters. The molecule has 0 aliphatic rings. The summed E-state index contributed by atoms with van der Waals surface area (Å²) in [5.41, 5.74) is 1.76. The minimum absolute atomic E-state index is 0.116. The van der Waals surface area contributed by atoms with Crippen LogP contribution in [0.15, 0.2) is 46.2 Å². The van der Waals surface area contributed by atoms with Gasteiger partial charge in [0.1, 0.15) is 10.6 Å². The first-order valence-electron chi connectivity index (χ1n) is 7.23. The molecule has 0 amide bonds. The second-order valence-corrected chi connectivity index (χ2v) is 8.65. The quantitative estimate of drug-likeness (QED) is 0.699. The summed E-state index contributed by atoms with van der Waals surface area (Å²) in [4.78, 5) is 1.12. The van der Waals surface area contributed by atoms with Gasteiger partial charge in [-0.05, 0) is 48.6 Å². The molecule has 0 heterocycles. The van der Waals surface area contributed by atoms with Crippen LogP contribution < -0.4 is 4.74 Å². The van der Waals surface area contributed by atoms with E-state index in [4.69, 9.17) is 16.3 Å². The number of thioether (sulfide) groups is 1. The van der Waals surface area contributed by atoms with E-state index in [9.17, 15) is 8.42 Å². The van der Waals surface area contributed by atoms with E-state index in [2.05, 4.69) is 0 Å². The first kappa shape index (κ1) is 19.1. The van der Waals surface area contributed by atoms with E-state index >= 15 is 0 Å². The Morgan fingerprint density at radius 1 is 1.21 bits per heavy atom. The number of hydrogen-bond donors (Lipinski definition) is 0. The van der Waals surface area contributed by atoms with Gasteiger partial charge in [0.25, 0.3) is 0 Å². The highest BCUT2D eigenvalue weighted by Gasteiger charge is 2.24. The molecule has 24 heavy (non-hydrogen) atoms. The Bertz CT molecular complexity index is 838. The van der Waals surface area contributed by atoms with Crippen molar-refractivity contribution in [2.75, 3.05) is 20.4 Å². The van der Waals surface area contributed by atoms with Crippen molar-refractivity contribution in [3.05, 3.63) is 52.5 Å². The molecule has 130 valence electrons. The Kier molecular flexibility index (Phi) is 6.20. The standard InChI is InChI=1S/C17H20ClNO3S2/c1-12-5-8-17(14(18)9-12)24(20,21)19(2)11-13-6-7-16(23-4)15(10-13)22-3/h5-10H,11H2,1-4H3. The lowest BCUT2D eigenvalue weighted by Crippen LogP contribution is -2.26. The third-order valence-corrected chi connectivity index (χ3v) is 6.69. The Labute approximate surface area is 152 Å². The van der Waals surface area contributed by atoms with Crippen LogP contribution in [0.3, 0.4) is 0 Å². The molecule has 0 fully saturated rings. The van der Waals surface area contributed by atoms with Crippen LogP contribution in [0.25, 0.3) is 0 Å². The number of nitrogens with zero attached hydrogens (tertiary/aromatic N) is 1. The normalized spacial score (nSPS) is 11.8. The lowest BCUT2D eigenvalue weighted by Gasteiger charge is -2.19. The van der Waals surface area contributed by atoms with Gasteiger partial charge in [-0.25, -0.2) is 8.42 Å². The summed E-state index contributed by atoms with van der Waals surface area (Å²) in [6, 6.07) is 10.6. The van der Waals surface area contributed by atoms with Crippen LogP contribution in [0.2, 0.25) is 5.02 Å². The number of sulfonamides is 1. The Morgan fingerprint density at radius 2 is 1.92 bits per heavy atom. The van der Waals surface area contributed by atoms with Crippen molar-refractivity contribution in [1.29, 1.82) is 0 Å². The average molecular weight is 386 g/mol. The van der Waals surface area contributed by atoms with E-state index in [1.54, 1.807) is 44.1 Å². The summed E-state index contributed by atoms with van der Waals surface area (Å²) >= 11 is 7.70. The zero-order valence-electron chi connectivity index (χ0n) is 14.0. The molecule has 0 unspecified atom stereocenters. The number of hydrogen-bond acceptors (Lipinski definition) is 4. The van der Waals surface area contributed by atoms with E-state index in [1.807, 2.05) is 31.4 Å². The molecule has 0 bridgehead atoms. The fourth-order valence-corrected chi connectivity index (χ4v) is 4.58. The van der Waals surface area contributed by atoms with Crippen LogP contribution in [-0.4, -0.2) is 33.1 Å². The second-order valence-electron chi connectivity index (χ2n) is 5.38. The van der Waals surface area contributed by atoms with Crippen LogP contribution in [0.1, 0.15) is 11.1 Å². The fourth-order valence-electron chi connectivity index (χ4n) is 2.30. The van der Waals surface area contributed by atoms with Crippen molar-refractivity contribution in [1.82, 2.24) is 4.31 Å². The van der Waals surface area contributed by atoms with Crippen LogP contribution in [-0.2, 0) is 16.6 Å². The molecule has 0 aliphatic heterocycles. The minimum atomic E-state index is -3.66. The zero-order chi connectivity index (χ0) is 17.9. The highest BCUT2D eigenvalue weighted by Crippen LogP contribution is 2.30. The molecule has 0 radical (unpaired) electrons. The largest absolute Gasteiger partial charge is 0.496 e. The monoisotopic (exact) mass is 385 g/mol. The number of methoxy groups -OCH3 is 1. The van der Waals surface area contributed by atoms with Crippen LogP contribution in [0, 0.1) is 6.92 Å². The van der Waals surface area contributed by atoms with Crippen molar-refractivity contribution in [2.45, 2.75) is 23.3 Å². The van der Waals surface area contributed by atoms with E-state index in [-0.39, 0.29) is 16.5 Å². The summed E-state index contributed by atoms with van der Waals surface area (Å²) in [6.45, 7) is 2.10. The maximum atomic E-state index is 12.8. The molecule has 0 saturated carbocycles. The fraction of sp³-hybridized carbons (Fsp3) is 0.294. The van der Waals surface area contributed by atoms with E-state index in [0.29, 0.717) is 0 Å². The first-order valence-corrected chi connectivity index (χ1v) is 10.3. The van der Waals surface area contributed by atoms with E-state index < -0.39 is 10.0 Å². The Morgan fingerprint density at radius 3 is 2.50 bits per heavy atom. The van der Waals surface area contributed by atoms with Crippen molar-refractivity contribution in [3.63, 3.8) is 0 Å². The van der Waals surface area contributed by atoms with Gasteiger partial charge in [-0.15, -0.1) is 11.8 Å². The third-order valence-electron chi connectivity index (χ3n) is 3.63. The van der Waals surface area contributed by atoms with Gasteiger partial charge in [0.2, 0.25) is 10.0 Å². The molecule has 2 aromatic carbocycles. The predicted molar refractivity (Wildman–Crippen MR) is 99.6 cm³/mol. The highest BCUT2D eigenvalue weighted by atomic mass is 35.5. The summed E-state index contributed by atoms with van der Waals surface area (Å²) < 4.78 is 32.1. The molecule has 0 aromatic heterocycles. The predicted octanol–water partition coefficient (Wildman–Crippen LogP) is 4.20. The molecular weight excluding hydrogens is 366 g/mol. The smallest absolute Gasteiger partial charge is 0.244 e. The third kappa shape index (κ3) is 4.06. The van der Waals surface area contributed by atoms with Crippen molar-refractivity contribution < 1.29 is 13.2 Å². The minimum Gasteiger partial charge on any atom is -0.496 e. The number of rotatable bonds is 6. The number of benzene rings is 2. The summed E-state index contributed by atoms with van der Waals surface area (Å²) in [7, 11) is -0.520. The lowest BCUT2D eigenvalue weighted by atomic mass is 10.2. The zero-order valence-corrected chi connectivity index (χ0v) is 16.4. The second kappa shape index (κ2) is 7.78. The lowest BCUT2D eigenvalue weighted by molar-refractivity contribution is 0.402. The maximum Gasteiger partial charge on any atom is 0.244 e. The van der Waals surface area contributed by atoms with Crippen molar-refractivity contribution >= 4 is 33.4 Å². The summed E-state index contributed by atoms with van der Waals surface area (Å²) in [5.74, 6) is 0.735. The van der Waals surface area contributed by atoms with E-state index in [0.717, 1.165) is 21.8 Å². The first-order chi connectivity index (χ1) is 11.3. The van der Waals surface area contributed by atoms with Crippen LogP contribution in [0.5, 0.6) is 5.75 Å². The van der Waals surface area contributed by atoms with E-state index in [1.165, 1.54) is 4.31 Å². The van der Waals surface area contributed by atoms with Gasteiger partial charge in [-0.1, -0.05) is 23.7 Å². The molecule has 2 aromatic rings. The van der Waals surface area contributed by atoms with Gasteiger partial charge < -0.3 is 4.74 Å². The van der Waals surface area contributed by atoms with Crippen LogP contribution in [0.4, 0.5) is 0 Å². The van der Waals surface area contributed by atoms with Gasteiger partial charge in [0, 0.05) is 18.5 Å². The number of halogens is 1.